The van der Waals surface area contributed by atoms with Gasteiger partial charge in [0.05, 0.1) is 10.4 Å². The number of benzene rings is 2. The first-order valence-electron chi connectivity index (χ1n) is 9.28. The zero-order chi connectivity index (χ0) is 18.8. The maximum atomic E-state index is 11.1. The molecule has 0 radical (unpaired) electrons. The summed E-state index contributed by atoms with van der Waals surface area (Å²) < 4.78 is 0. The van der Waals surface area contributed by atoms with E-state index in [2.05, 4.69) is 39.5 Å². The molecule has 0 bridgehead atoms. The zero-order valence-corrected chi connectivity index (χ0v) is 15.3. The third-order valence-electron chi connectivity index (χ3n) is 5.00. The SMILES string of the molecule is Cc1cc(Nc2ccc(N3CCCCC3)cc2)c2cc([N+](=O)[O-])ccc2n1. The van der Waals surface area contributed by atoms with Crippen LogP contribution in [0.4, 0.5) is 22.7 Å². The molecule has 6 heteroatoms. The Labute approximate surface area is 158 Å². The lowest BCUT2D eigenvalue weighted by atomic mass is 10.1. The Morgan fingerprint density at radius 1 is 1.04 bits per heavy atom. The van der Waals surface area contributed by atoms with Crippen molar-refractivity contribution in [1.29, 1.82) is 0 Å². The number of nitrogens with one attached hydrogen (secondary N) is 1. The summed E-state index contributed by atoms with van der Waals surface area (Å²) in [5, 5.41) is 15.3. The quantitative estimate of drug-likeness (QED) is 0.511. The Morgan fingerprint density at radius 2 is 1.78 bits per heavy atom. The van der Waals surface area contributed by atoms with Crippen LogP contribution < -0.4 is 10.2 Å². The van der Waals surface area contributed by atoms with E-state index in [0.717, 1.165) is 41.1 Å². The largest absolute Gasteiger partial charge is 0.372 e. The number of hydrogen-bond acceptors (Lipinski definition) is 5. The summed E-state index contributed by atoms with van der Waals surface area (Å²) in [6.07, 6.45) is 3.82. The van der Waals surface area contributed by atoms with Crippen molar-refractivity contribution in [3.8, 4) is 0 Å². The van der Waals surface area contributed by atoms with Crippen LogP contribution in [0.25, 0.3) is 10.9 Å². The molecule has 1 N–H and O–H groups in total. The van der Waals surface area contributed by atoms with Crippen molar-refractivity contribution in [2.45, 2.75) is 26.2 Å². The molecule has 3 aromatic rings. The average Bonchev–Trinajstić information content (AvgIpc) is 2.69. The average molecular weight is 362 g/mol. The van der Waals surface area contributed by atoms with Gasteiger partial charge in [-0.05, 0) is 62.6 Å². The topological polar surface area (TPSA) is 71.3 Å². The molecule has 2 aromatic carbocycles. The van der Waals surface area contributed by atoms with Crippen molar-refractivity contribution in [2.75, 3.05) is 23.3 Å². The van der Waals surface area contributed by atoms with Gasteiger partial charge in [-0.25, -0.2) is 0 Å². The van der Waals surface area contributed by atoms with Crippen molar-refractivity contribution in [3.05, 3.63) is 64.3 Å². The lowest BCUT2D eigenvalue weighted by molar-refractivity contribution is -0.384. The predicted octanol–water partition coefficient (Wildman–Crippen LogP) is 5.19. The number of pyridine rings is 1. The maximum absolute atomic E-state index is 11.1. The Morgan fingerprint density at radius 3 is 2.48 bits per heavy atom. The number of nitro groups is 1. The Bertz CT molecular complexity index is 979. The molecular formula is C21H22N4O2. The molecule has 1 aliphatic rings. The van der Waals surface area contributed by atoms with Crippen LogP contribution in [-0.4, -0.2) is 23.0 Å². The second-order valence-corrected chi connectivity index (χ2v) is 6.99. The van der Waals surface area contributed by atoms with Crippen LogP contribution in [0.3, 0.4) is 0 Å². The van der Waals surface area contributed by atoms with Crippen molar-refractivity contribution in [1.82, 2.24) is 4.98 Å². The monoisotopic (exact) mass is 362 g/mol. The molecular weight excluding hydrogens is 340 g/mol. The van der Waals surface area contributed by atoms with Crippen molar-refractivity contribution in [3.63, 3.8) is 0 Å². The van der Waals surface area contributed by atoms with E-state index >= 15 is 0 Å². The van der Waals surface area contributed by atoms with Crippen LogP contribution in [0.2, 0.25) is 0 Å². The summed E-state index contributed by atoms with van der Waals surface area (Å²) in [5.74, 6) is 0. The Hall–Kier alpha value is -3.15. The molecule has 0 saturated carbocycles. The fourth-order valence-electron chi connectivity index (χ4n) is 3.63. The number of nitrogens with zero attached hydrogens (tertiary/aromatic N) is 3. The third-order valence-corrected chi connectivity index (χ3v) is 5.00. The molecule has 0 spiro atoms. The predicted molar refractivity (Wildman–Crippen MR) is 109 cm³/mol. The zero-order valence-electron chi connectivity index (χ0n) is 15.3. The van der Waals surface area contributed by atoms with Crippen LogP contribution >= 0.6 is 0 Å². The van der Waals surface area contributed by atoms with Gasteiger partial charge in [-0.3, -0.25) is 15.1 Å². The van der Waals surface area contributed by atoms with E-state index in [4.69, 9.17) is 0 Å². The first kappa shape index (κ1) is 17.3. The molecule has 0 atom stereocenters. The second kappa shape index (κ2) is 7.23. The molecule has 0 amide bonds. The summed E-state index contributed by atoms with van der Waals surface area (Å²) in [4.78, 5) is 17.7. The number of hydrogen-bond donors (Lipinski definition) is 1. The van der Waals surface area contributed by atoms with Crippen LogP contribution in [0.15, 0.2) is 48.5 Å². The van der Waals surface area contributed by atoms with Crippen molar-refractivity contribution < 1.29 is 4.92 Å². The molecule has 0 aliphatic carbocycles. The highest BCUT2D eigenvalue weighted by atomic mass is 16.6. The fourth-order valence-corrected chi connectivity index (χ4v) is 3.63. The first-order valence-corrected chi connectivity index (χ1v) is 9.28. The number of non-ortho nitro benzene ring substituents is 1. The normalized spacial score (nSPS) is 14.3. The van der Waals surface area contributed by atoms with Crippen LogP contribution in [-0.2, 0) is 0 Å². The summed E-state index contributed by atoms with van der Waals surface area (Å²) in [7, 11) is 0. The highest BCUT2D eigenvalue weighted by Crippen LogP contribution is 2.30. The van der Waals surface area contributed by atoms with E-state index in [1.165, 1.54) is 31.0 Å². The molecule has 138 valence electrons. The molecule has 1 fully saturated rings. The van der Waals surface area contributed by atoms with E-state index in [1.54, 1.807) is 12.1 Å². The molecule has 27 heavy (non-hydrogen) atoms. The number of piperidine rings is 1. The highest BCUT2D eigenvalue weighted by molar-refractivity contribution is 5.94. The molecule has 1 saturated heterocycles. The van der Waals surface area contributed by atoms with Crippen LogP contribution in [0.1, 0.15) is 25.0 Å². The number of nitro benzene ring substituents is 1. The molecule has 6 nitrogen and oxygen atoms in total. The summed E-state index contributed by atoms with van der Waals surface area (Å²) in [6, 6.07) is 15.1. The molecule has 0 unspecified atom stereocenters. The standard InChI is InChI=1S/C21H22N4O2/c1-15-13-21(19-14-18(25(26)27)9-10-20(19)22-15)23-16-5-7-17(8-6-16)24-11-3-2-4-12-24/h5-10,13-14H,2-4,11-12H2,1H3,(H,22,23). The van der Waals surface area contributed by atoms with E-state index in [9.17, 15) is 10.1 Å². The van der Waals surface area contributed by atoms with E-state index < -0.39 is 0 Å². The van der Waals surface area contributed by atoms with Gasteiger partial charge >= 0.3 is 0 Å². The lowest BCUT2D eigenvalue weighted by Gasteiger charge is -2.28. The molecule has 1 aromatic heterocycles. The van der Waals surface area contributed by atoms with Gasteiger partial charge in [-0.2, -0.15) is 0 Å². The maximum Gasteiger partial charge on any atom is 0.270 e. The van der Waals surface area contributed by atoms with Gasteiger partial charge in [0.25, 0.3) is 5.69 Å². The van der Waals surface area contributed by atoms with Gasteiger partial charge in [-0.1, -0.05) is 0 Å². The van der Waals surface area contributed by atoms with E-state index in [-0.39, 0.29) is 10.6 Å². The number of fused-ring (bicyclic) bond motifs is 1. The summed E-state index contributed by atoms with van der Waals surface area (Å²) >= 11 is 0. The van der Waals surface area contributed by atoms with E-state index in [0.29, 0.717) is 0 Å². The minimum absolute atomic E-state index is 0.0663. The third kappa shape index (κ3) is 3.69. The fraction of sp³-hybridized carbons (Fsp3) is 0.286. The number of aromatic nitrogens is 1. The number of anilines is 3. The second-order valence-electron chi connectivity index (χ2n) is 6.99. The van der Waals surface area contributed by atoms with Gasteiger partial charge in [0.1, 0.15) is 0 Å². The summed E-state index contributed by atoms with van der Waals surface area (Å²) in [5.41, 5.74) is 4.70. The number of rotatable bonds is 4. The van der Waals surface area contributed by atoms with Crippen LogP contribution in [0, 0.1) is 17.0 Å². The van der Waals surface area contributed by atoms with Gasteiger partial charge in [0, 0.05) is 53.4 Å². The van der Waals surface area contributed by atoms with E-state index in [1.807, 2.05) is 13.0 Å². The molecule has 2 heterocycles. The minimum atomic E-state index is -0.378. The Kier molecular flexibility index (Phi) is 4.62. The molecule has 1 aliphatic heterocycles. The van der Waals surface area contributed by atoms with Crippen molar-refractivity contribution >= 4 is 33.7 Å². The smallest absolute Gasteiger partial charge is 0.270 e. The van der Waals surface area contributed by atoms with Gasteiger partial charge in [-0.15, -0.1) is 0 Å². The lowest BCUT2D eigenvalue weighted by Crippen LogP contribution is -2.29. The number of aryl methyl sites for hydroxylation is 1. The van der Waals surface area contributed by atoms with Gasteiger partial charge in [0.2, 0.25) is 0 Å². The minimum Gasteiger partial charge on any atom is -0.372 e. The van der Waals surface area contributed by atoms with Gasteiger partial charge in [0.15, 0.2) is 0 Å². The molecule has 4 rings (SSSR count). The van der Waals surface area contributed by atoms with Gasteiger partial charge < -0.3 is 10.2 Å². The Balaban J connectivity index is 1.64. The highest BCUT2D eigenvalue weighted by Gasteiger charge is 2.13. The first-order chi connectivity index (χ1) is 13.1. The van der Waals surface area contributed by atoms with Crippen LogP contribution in [0.5, 0.6) is 0 Å². The summed E-state index contributed by atoms with van der Waals surface area (Å²) in [6.45, 7) is 4.15. The van der Waals surface area contributed by atoms with Crippen molar-refractivity contribution in [2.24, 2.45) is 0 Å².